The zero-order valence-corrected chi connectivity index (χ0v) is 21.5. The number of amides is 1. The summed E-state index contributed by atoms with van der Waals surface area (Å²) in [5, 5.41) is 10.3. The van der Waals surface area contributed by atoms with Gasteiger partial charge in [0.2, 0.25) is 0 Å². The number of aliphatic hydroxyl groups excluding tert-OH is 1. The molecule has 2 aromatic rings. The van der Waals surface area contributed by atoms with Crippen molar-refractivity contribution in [3.05, 3.63) is 45.1 Å². The zero-order chi connectivity index (χ0) is 24.2. The van der Waals surface area contributed by atoms with Crippen LogP contribution in [-0.2, 0) is 11.3 Å². The summed E-state index contributed by atoms with van der Waals surface area (Å²) < 4.78 is 2.34. The van der Waals surface area contributed by atoms with Gasteiger partial charge >= 0.3 is 0 Å². The van der Waals surface area contributed by atoms with Crippen molar-refractivity contribution in [2.75, 3.05) is 50.8 Å². The molecule has 0 radical (unpaired) electrons. The summed E-state index contributed by atoms with van der Waals surface area (Å²) in [4.78, 5) is 33.6. The van der Waals surface area contributed by atoms with Crippen LogP contribution in [0.25, 0.3) is 17.0 Å². The number of β-amino-alcohol motifs (C(OH)–C–C–N with tert-alkyl or cyclic N) is 1. The number of para-hydroxylation sites is 1. The molecule has 3 heterocycles. The Morgan fingerprint density at radius 3 is 2.50 bits per heavy atom. The minimum absolute atomic E-state index is 0.0900. The molecule has 0 saturated carbocycles. The van der Waals surface area contributed by atoms with Gasteiger partial charge < -0.3 is 14.6 Å². The Balaban J connectivity index is 1.83. The standard InChI is InChI=1S/C25H32N4O3S2/c1-3-5-10-29-24(32)21(34-25(29)33)17-19-22(27-13-11-26(12-14-27)15-16-30)18-8-6-7-9-20(18)28(4-2)23(19)31/h6-9,17,30H,3-5,10-16H2,1-2H3. The number of nitrogens with zero attached hydrogens (tertiary/aromatic N) is 4. The van der Waals surface area contributed by atoms with Crippen LogP contribution in [0.15, 0.2) is 34.0 Å². The van der Waals surface area contributed by atoms with E-state index in [1.54, 1.807) is 15.5 Å². The number of unbranched alkanes of at least 4 members (excludes halogenated alkanes) is 1. The number of carbonyl (C=O) groups is 1. The Kier molecular flexibility index (Phi) is 8.08. The first-order valence-corrected chi connectivity index (χ1v) is 13.2. The Labute approximate surface area is 210 Å². The van der Waals surface area contributed by atoms with E-state index in [0.717, 1.165) is 55.6 Å². The maximum absolute atomic E-state index is 13.8. The van der Waals surface area contributed by atoms with Crippen LogP contribution < -0.4 is 10.5 Å². The second kappa shape index (κ2) is 11.0. The van der Waals surface area contributed by atoms with E-state index in [0.29, 0.717) is 34.4 Å². The number of fused-ring (bicyclic) bond motifs is 1. The first kappa shape index (κ1) is 24.9. The SMILES string of the molecule is CCCCN1C(=O)C(=Cc2c(N3CCN(CCO)CC3)c3ccccc3n(CC)c2=O)SC1=S. The predicted molar refractivity (Wildman–Crippen MR) is 144 cm³/mol. The third-order valence-electron chi connectivity index (χ3n) is 6.49. The van der Waals surface area contributed by atoms with E-state index < -0.39 is 0 Å². The molecular formula is C25H32N4O3S2. The van der Waals surface area contributed by atoms with Crippen molar-refractivity contribution in [2.24, 2.45) is 0 Å². The molecule has 0 aliphatic carbocycles. The Morgan fingerprint density at radius 1 is 1.09 bits per heavy atom. The average Bonchev–Trinajstić information content (AvgIpc) is 3.11. The number of aromatic nitrogens is 1. The van der Waals surface area contributed by atoms with Gasteiger partial charge in [0.05, 0.1) is 28.3 Å². The fourth-order valence-electron chi connectivity index (χ4n) is 4.67. The molecule has 4 rings (SSSR count). The normalized spacial score (nSPS) is 18.6. The summed E-state index contributed by atoms with van der Waals surface area (Å²) in [6.45, 7) is 9.11. The van der Waals surface area contributed by atoms with Crippen molar-refractivity contribution in [3.63, 3.8) is 0 Å². The first-order chi connectivity index (χ1) is 16.5. The molecule has 0 spiro atoms. The summed E-state index contributed by atoms with van der Waals surface area (Å²) in [6, 6.07) is 7.99. The third-order valence-corrected chi connectivity index (χ3v) is 7.86. The largest absolute Gasteiger partial charge is 0.395 e. The van der Waals surface area contributed by atoms with Crippen LogP contribution >= 0.6 is 24.0 Å². The van der Waals surface area contributed by atoms with Gasteiger partial charge in [0, 0.05) is 51.2 Å². The number of rotatable bonds is 8. The average molecular weight is 501 g/mol. The molecule has 2 saturated heterocycles. The molecular weight excluding hydrogens is 468 g/mol. The topological polar surface area (TPSA) is 69.0 Å². The molecule has 2 aliphatic heterocycles. The first-order valence-electron chi connectivity index (χ1n) is 12.0. The van der Waals surface area contributed by atoms with Crippen LogP contribution in [0.3, 0.4) is 0 Å². The molecule has 34 heavy (non-hydrogen) atoms. The number of aliphatic hydroxyl groups is 1. The highest BCUT2D eigenvalue weighted by Crippen LogP contribution is 2.36. The maximum atomic E-state index is 13.8. The molecule has 9 heteroatoms. The van der Waals surface area contributed by atoms with E-state index in [2.05, 4.69) is 22.8 Å². The number of carbonyl (C=O) groups excluding carboxylic acids is 1. The van der Waals surface area contributed by atoms with Gasteiger partial charge in [0.15, 0.2) is 0 Å². The molecule has 0 unspecified atom stereocenters. The number of hydrogen-bond donors (Lipinski definition) is 1. The molecule has 1 aromatic carbocycles. The quantitative estimate of drug-likeness (QED) is 0.441. The summed E-state index contributed by atoms with van der Waals surface area (Å²) in [7, 11) is 0. The number of hydrogen-bond acceptors (Lipinski definition) is 7. The van der Waals surface area contributed by atoms with Crippen LogP contribution in [0, 0.1) is 0 Å². The number of thiocarbonyl (C=S) groups is 1. The van der Waals surface area contributed by atoms with Crippen LogP contribution in [0.1, 0.15) is 32.3 Å². The van der Waals surface area contributed by atoms with Gasteiger partial charge in [0.1, 0.15) is 4.32 Å². The Hall–Kier alpha value is -2.20. The Bertz CT molecular complexity index is 1170. The van der Waals surface area contributed by atoms with Gasteiger partial charge in [-0.1, -0.05) is 55.5 Å². The van der Waals surface area contributed by atoms with Crippen molar-refractivity contribution >= 4 is 56.9 Å². The van der Waals surface area contributed by atoms with E-state index >= 15 is 0 Å². The monoisotopic (exact) mass is 500 g/mol. The number of aryl methyl sites for hydroxylation is 1. The van der Waals surface area contributed by atoms with E-state index in [9.17, 15) is 14.7 Å². The third kappa shape index (κ3) is 4.79. The van der Waals surface area contributed by atoms with E-state index in [1.807, 2.05) is 25.1 Å². The zero-order valence-electron chi connectivity index (χ0n) is 19.8. The Morgan fingerprint density at radius 2 is 1.82 bits per heavy atom. The van der Waals surface area contributed by atoms with Crippen LogP contribution in [-0.4, -0.2) is 75.6 Å². The van der Waals surface area contributed by atoms with Crippen molar-refractivity contribution < 1.29 is 9.90 Å². The van der Waals surface area contributed by atoms with Gasteiger partial charge in [-0.05, 0) is 25.5 Å². The van der Waals surface area contributed by atoms with Crippen LogP contribution in [0.4, 0.5) is 5.69 Å². The number of benzene rings is 1. The minimum Gasteiger partial charge on any atom is -0.395 e. The molecule has 0 bridgehead atoms. The number of anilines is 1. The summed E-state index contributed by atoms with van der Waals surface area (Å²) in [5.74, 6) is -0.113. The number of pyridine rings is 1. The van der Waals surface area contributed by atoms with E-state index in [1.165, 1.54) is 11.8 Å². The van der Waals surface area contributed by atoms with Gasteiger partial charge in [0.25, 0.3) is 11.5 Å². The number of piperazine rings is 1. The number of thioether (sulfide) groups is 1. The fraction of sp³-hybridized carbons (Fsp3) is 0.480. The summed E-state index contributed by atoms with van der Waals surface area (Å²) in [5.41, 5.74) is 2.24. The minimum atomic E-state index is -0.113. The molecule has 1 amide bonds. The van der Waals surface area contributed by atoms with E-state index in [4.69, 9.17) is 12.2 Å². The van der Waals surface area contributed by atoms with Gasteiger partial charge in [-0.15, -0.1) is 0 Å². The van der Waals surface area contributed by atoms with E-state index in [-0.39, 0.29) is 18.1 Å². The summed E-state index contributed by atoms with van der Waals surface area (Å²) in [6.07, 6.45) is 3.64. The molecule has 182 valence electrons. The second-order valence-electron chi connectivity index (χ2n) is 8.57. The van der Waals surface area contributed by atoms with Crippen molar-refractivity contribution in [1.82, 2.24) is 14.4 Å². The van der Waals surface area contributed by atoms with Crippen molar-refractivity contribution in [2.45, 2.75) is 33.2 Å². The lowest BCUT2D eigenvalue weighted by Gasteiger charge is -2.37. The lowest BCUT2D eigenvalue weighted by molar-refractivity contribution is -0.122. The highest BCUT2D eigenvalue weighted by molar-refractivity contribution is 8.26. The molecule has 7 nitrogen and oxygen atoms in total. The van der Waals surface area contributed by atoms with Crippen molar-refractivity contribution in [3.8, 4) is 0 Å². The highest BCUT2D eigenvalue weighted by Gasteiger charge is 2.33. The second-order valence-corrected chi connectivity index (χ2v) is 10.2. The van der Waals surface area contributed by atoms with Gasteiger partial charge in [-0.3, -0.25) is 19.4 Å². The molecule has 0 atom stereocenters. The summed E-state index contributed by atoms with van der Waals surface area (Å²) >= 11 is 6.77. The highest BCUT2D eigenvalue weighted by atomic mass is 32.2. The smallest absolute Gasteiger partial charge is 0.266 e. The van der Waals surface area contributed by atoms with Crippen molar-refractivity contribution in [1.29, 1.82) is 0 Å². The lowest BCUT2D eigenvalue weighted by Crippen LogP contribution is -2.48. The molecule has 2 aliphatic rings. The predicted octanol–water partition coefficient (Wildman–Crippen LogP) is 3.14. The molecule has 1 N–H and O–H groups in total. The molecule has 1 aromatic heterocycles. The van der Waals surface area contributed by atoms with Gasteiger partial charge in [-0.2, -0.15) is 0 Å². The molecule has 2 fully saturated rings. The lowest BCUT2D eigenvalue weighted by atomic mass is 10.0. The maximum Gasteiger partial charge on any atom is 0.266 e. The van der Waals surface area contributed by atoms with Crippen LogP contribution in [0.5, 0.6) is 0 Å². The van der Waals surface area contributed by atoms with Crippen LogP contribution in [0.2, 0.25) is 0 Å². The van der Waals surface area contributed by atoms with Gasteiger partial charge in [-0.25, -0.2) is 0 Å². The fourth-order valence-corrected chi connectivity index (χ4v) is 5.96.